The van der Waals surface area contributed by atoms with Gasteiger partial charge in [-0.2, -0.15) is 25.3 Å². The number of aliphatic carboxylic acids is 1. The number of carbonyl (C=O) groups is 13. The van der Waals surface area contributed by atoms with E-state index < -0.39 is 167 Å². The molecule has 0 unspecified atom stereocenters. The van der Waals surface area contributed by atoms with Gasteiger partial charge in [0.2, 0.25) is 70.9 Å². The lowest BCUT2D eigenvalue weighted by Gasteiger charge is -2.32. The lowest BCUT2D eigenvalue weighted by molar-refractivity contribution is -0.144. The van der Waals surface area contributed by atoms with Crippen molar-refractivity contribution in [2.45, 2.75) is 234 Å². The molecule has 0 bridgehead atoms. The van der Waals surface area contributed by atoms with Gasteiger partial charge in [-0.25, -0.2) is 4.79 Å². The first-order chi connectivity index (χ1) is 40.9. The van der Waals surface area contributed by atoms with Gasteiger partial charge in [0, 0.05) is 24.6 Å². The molecule has 0 aromatic rings. The maximum Gasteiger partial charge on any atom is 0.327 e. The van der Waals surface area contributed by atoms with Crippen LogP contribution >= 0.6 is 25.3 Å². The summed E-state index contributed by atoms with van der Waals surface area (Å²) < 4.78 is 0. The van der Waals surface area contributed by atoms with Crippen LogP contribution in [0.2, 0.25) is 0 Å². The summed E-state index contributed by atoms with van der Waals surface area (Å²) in [6.45, 7) is 26.1. The number of nitrogens with zero attached hydrogens (tertiary/aromatic N) is 2. The van der Waals surface area contributed by atoms with Crippen molar-refractivity contribution in [3.8, 4) is 0 Å². The predicted octanol–water partition coefficient (Wildman–Crippen LogP) is -0.356. The molecule has 2 fully saturated rings. The van der Waals surface area contributed by atoms with E-state index in [2.05, 4.69) is 78.4 Å². The van der Waals surface area contributed by atoms with Gasteiger partial charge in [0.05, 0.1) is 6.04 Å². The molecule has 2 saturated heterocycles. The Morgan fingerprint density at radius 2 is 0.739 bits per heavy atom. The van der Waals surface area contributed by atoms with Gasteiger partial charge >= 0.3 is 5.97 Å². The Kier molecular flexibility index (Phi) is 32.8. The first-order valence-electron chi connectivity index (χ1n) is 30.8. The van der Waals surface area contributed by atoms with E-state index in [1.54, 1.807) is 27.7 Å². The van der Waals surface area contributed by atoms with Crippen LogP contribution in [0.5, 0.6) is 0 Å². The number of thiol groups is 2. The van der Waals surface area contributed by atoms with Crippen molar-refractivity contribution < 1.29 is 67.4 Å². The third-order valence-electron chi connectivity index (χ3n) is 15.1. The first-order valence-corrected chi connectivity index (χ1v) is 32.1. The zero-order chi connectivity index (χ0) is 67.2. The maximum absolute atomic E-state index is 14.6. The molecule has 2 rings (SSSR count). The second kappa shape index (κ2) is 37.1. The Hall–Kier alpha value is -6.23. The third-order valence-corrected chi connectivity index (χ3v) is 15.8. The molecule has 2 aliphatic rings. The van der Waals surface area contributed by atoms with Crippen LogP contribution in [-0.2, 0) is 62.3 Å². The lowest BCUT2D eigenvalue weighted by Crippen LogP contribution is -2.61. The number of hydrogen-bond donors (Lipinski definition) is 14. The Balaban J connectivity index is 2.27. The highest BCUT2D eigenvalue weighted by molar-refractivity contribution is 7.80. The van der Waals surface area contributed by atoms with E-state index in [1.807, 2.05) is 55.4 Å². The highest BCUT2D eigenvalue weighted by Gasteiger charge is 2.43. The minimum atomic E-state index is -1.28. The highest BCUT2D eigenvalue weighted by Crippen LogP contribution is 2.23. The van der Waals surface area contributed by atoms with Gasteiger partial charge in [-0.1, -0.05) is 83.1 Å². The van der Waals surface area contributed by atoms with Gasteiger partial charge in [0.15, 0.2) is 0 Å². The molecule has 0 spiro atoms. The van der Waals surface area contributed by atoms with Crippen LogP contribution in [0.25, 0.3) is 0 Å². The summed E-state index contributed by atoms with van der Waals surface area (Å²) in [5, 5.41) is 36.1. The second-order valence-electron chi connectivity index (χ2n) is 25.7. The van der Waals surface area contributed by atoms with Crippen LogP contribution in [0.3, 0.4) is 0 Å². The van der Waals surface area contributed by atoms with Crippen LogP contribution in [-0.4, -0.2) is 195 Å². The minimum Gasteiger partial charge on any atom is -0.480 e. The number of carbonyl (C=O) groups excluding carboxylic acids is 12. The van der Waals surface area contributed by atoms with Gasteiger partial charge in [-0.05, 0) is 108 Å². The van der Waals surface area contributed by atoms with Crippen molar-refractivity contribution in [1.29, 1.82) is 0 Å². The smallest absolute Gasteiger partial charge is 0.327 e. The average molecular weight is 1280 g/mol. The van der Waals surface area contributed by atoms with E-state index in [0.717, 1.165) is 0 Å². The fourth-order valence-corrected chi connectivity index (χ4v) is 10.6. The molecule has 13 N–H and O–H groups in total. The Morgan fingerprint density at radius 3 is 1.14 bits per heavy atom. The van der Waals surface area contributed by atoms with E-state index in [0.29, 0.717) is 12.8 Å². The average Bonchev–Trinajstić information content (AvgIpc) is 3.69. The van der Waals surface area contributed by atoms with Crippen molar-refractivity contribution in [3.63, 3.8) is 0 Å². The monoisotopic (exact) mass is 1280 g/mol. The third kappa shape index (κ3) is 24.6. The second-order valence-corrected chi connectivity index (χ2v) is 26.4. The van der Waals surface area contributed by atoms with Gasteiger partial charge in [-0.3, -0.25) is 57.5 Å². The number of carboxylic acid groups (broad SMARTS) is 1. The van der Waals surface area contributed by atoms with Gasteiger partial charge in [0.25, 0.3) is 0 Å². The zero-order valence-corrected chi connectivity index (χ0v) is 55.9. The standard InChI is InChI=1S/C59H103N13O14S2/c1-28(2)22-38(50(76)62-34(13)47(73)63-36(15)57(83)71-20-16-18-43(71)53(79)68-42(27-88)59(85)86)64-51(77)39(23-29(3)4)65-56(82)46(33(11)12)70-54(80)44-19-17-21-72(44)58(84)41(25-31(7)8)67-52(78)40(24-30(5)6)66-55(81)45(32(9)10)69-48(74)35(14)61-49(75)37(60)26-87/h28-46,87-88H,16-27,60H2,1-15H3,(H,61,75)(H,62,76)(H,63,73)(H,64,77)(H,65,82)(H,66,81)(H,67,78)(H,68,79)(H,69,74)(H,70,80)(H,85,86)/t34-,35-,36-,37-,38-,39-,40-,41-,42-,43-,44-,45-,46-/m0/s1. The van der Waals surface area contributed by atoms with Crippen molar-refractivity contribution in [2.75, 3.05) is 24.6 Å². The molecule has 0 saturated carbocycles. The lowest BCUT2D eigenvalue weighted by atomic mass is 9.97. The van der Waals surface area contributed by atoms with Crippen LogP contribution in [0, 0.1) is 35.5 Å². The number of likely N-dealkylation sites (tertiary alicyclic amines) is 2. The topological polar surface area (TPSA) is 395 Å². The molecule has 29 heteroatoms. The SMILES string of the molecule is CC(C)C[C@H](NC(=O)[C@H](CC(C)C)NC(=O)[C@@H](NC(=O)[C@@H]1CCCN1C(=O)[C@H](CC(C)C)NC(=O)[C@H](CC(C)C)NC(=O)[C@@H](NC(=O)[C@H](C)NC(=O)[C@@H](N)CS)C(C)C)C(C)C)C(=O)N[C@@H](C)C(=O)N[C@@H](C)C(=O)N1CCC[C@H]1C(=O)N[C@@H](CS)C(=O)O. The molecule has 0 aromatic heterocycles. The maximum atomic E-state index is 14.6. The molecule has 12 amide bonds. The Morgan fingerprint density at radius 1 is 0.398 bits per heavy atom. The summed E-state index contributed by atoms with van der Waals surface area (Å²) in [4.78, 5) is 179. The molecule has 88 heavy (non-hydrogen) atoms. The molecule has 500 valence electrons. The highest BCUT2D eigenvalue weighted by atomic mass is 32.1. The molecule has 0 radical (unpaired) electrons. The molecule has 13 atom stereocenters. The van der Waals surface area contributed by atoms with Crippen molar-refractivity contribution in [3.05, 3.63) is 0 Å². The van der Waals surface area contributed by atoms with Crippen molar-refractivity contribution in [1.82, 2.24) is 63.0 Å². The number of nitrogens with two attached hydrogens (primary N) is 1. The first kappa shape index (κ1) is 77.9. The van der Waals surface area contributed by atoms with Crippen LogP contribution in [0.1, 0.15) is 155 Å². The predicted molar refractivity (Wildman–Crippen MR) is 337 cm³/mol. The summed E-state index contributed by atoms with van der Waals surface area (Å²) in [6.07, 6.45) is 1.94. The van der Waals surface area contributed by atoms with Gasteiger partial charge < -0.3 is 73.8 Å². The van der Waals surface area contributed by atoms with Gasteiger partial charge in [0.1, 0.15) is 72.5 Å². The molecule has 2 aliphatic heterocycles. The van der Waals surface area contributed by atoms with Crippen LogP contribution in [0.15, 0.2) is 0 Å². The number of rotatable bonds is 35. The molecule has 2 heterocycles. The molecule has 0 aromatic carbocycles. The summed E-state index contributed by atoms with van der Waals surface area (Å²) in [6, 6.07) is -14.7. The van der Waals surface area contributed by atoms with Crippen molar-refractivity contribution in [2.24, 2.45) is 41.2 Å². The van der Waals surface area contributed by atoms with Crippen molar-refractivity contribution >= 4 is 102 Å². The van der Waals surface area contributed by atoms with E-state index in [4.69, 9.17) is 5.73 Å². The van der Waals surface area contributed by atoms with Crippen LogP contribution < -0.4 is 58.9 Å². The Bertz CT molecular complexity index is 2450. The fourth-order valence-electron chi connectivity index (χ4n) is 10.2. The van der Waals surface area contributed by atoms with Gasteiger partial charge in [-0.15, -0.1) is 0 Å². The number of nitrogens with one attached hydrogen (secondary N) is 10. The summed E-state index contributed by atoms with van der Waals surface area (Å²) in [7, 11) is 0. The Labute approximate surface area is 529 Å². The van der Waals surface area contributed by atoms with E-state index in [-0.39, 0.29) is 86.8 Å². The minimum absolute atomic E-state index is 0.0443. The summed E-state index contributed by atoms with van der Waals surface area (Å²) in [5.41, 5.74) is 5.74. The summed E-state index contributed by atoms with van der Waals surface area (Å²) in [5.74, 6) is -10.9. The molecule has 27 nitrogen and oxygen atoms in total. The van der Waals surface area contributed by atoms with E-state index in [1.165, 1.54) is 30.6 Å². The van der Waals surface area contributed by atoms with Crippen LogP contribution in [0.4, 0.5) is 0 Å². The zero-order valence-electron chi connectivity index (χ0n) is 54.1. The van der Waals surface area contributed by atoms with E-state index in [9.17, 15) is 67.4 Å². The fraction of sp³-hybridized carbons (Fsp3) is 0.780. The number of amides is 12. The van der Waals surface area contributed by atoms with E-state index >= 15 is 0 Å². The molecular formula is C59H103N13O14S2. The molecular weight excluding hydrogens is 1180 g/mol. The quantitative estimate of drug-likeness (QED) is 0.0361. The largest absolute Gasteiger partial charge is 0.480 e. The normalized spacial score (nSPS) is 18.8. The molecule has 0 aliphatic carbocycles. The summed E-state index contributed by atoms with van der Waals surface area (Å²) >= 11 is 8.00. The number of hydrogen-bond acceptors (Lipinski definition) is 16. The number of carboxylic acids is 1.